The summed E-state index contributed by atoms with van der Waals surface area (Å²) in [6, 6.07) is 6.58. The van der Waals surface area contributed by atoms with E-state index in [4.69, 9.17) is 5.11 Å². The zero-order valence-corrected chi connectivity index (χ0v) is 11.8. The molecule has 1 atom stereocenters. The molecule has 2 N–H and O–H groups in total. The van der Waals surface area contributed by atoms with E-state index >= 15 is 0 Å². The van der Waals surface area contributed by atoms with Gasteiger partial charge in [0.15, 0.2) is 0 Å². The van der Waals surface area contributed by atoms with Gasteiger partial charge in [0.25, 0.3) is 0 Å². The van der Waals surface area contributed by atoms with Crippen molar-refractivity contribution in [2.45, 2.75) is 19.4 Å². The standard InChI is InChI=1S/C11H12NO3.Y/c1-8-2-4-9(5-3-8)6-10(11(14)15)12-7-13;/h2-5,10H,6H2,1H3,(H,12,13)(H,14,15);/q-1;/t10-;/m0./s1. The maximum absolute atomic E-state index is 10.7. The molecule has 0 saturated heterocycles. The molecule has 1 aromatic rings. The van der Waals surface area contributed by atoms with Crippen molar-refractivity contribution >= 4 is 12.4 Å². The zero-order valence-electron chi connectivity index (χ0n) is 8.93. The van der Waals surface area contributed by atoms with E-state index in [0.717, 1.165) is 11.1 Å². The molecule has 1 rings (SSSR count). The van der Waals surface area contributed by atoms with Gasteiger partial charge in [-0.3, -0.25) is 4.79 Å². The van der Waals surface area contributed by atoms with Crippen LogP contribution < -0.4 is 5.32 Å². The van der Waals surface area contributed by atoms with Gasteiger partial charge in [-0.25, -0.2) is 0 Å². The number of hydrogen-bond donors (Lipinski definition) is 2. The molecule has 0 spiro atoms. The molecule has 0 aliphatic rings. The quantitative estimate of drug-likeness (QED) is 0.619. The van der Waals surface area contributed by atoms with Crippen molar-refractivity contribution < 1.29 is 47.4 Å². The molecule has 0 unspecified atom stereocenters. The Hall–Kier alpha value is -0.736. The third kappa shape index (κ3) is 4.86. The van der Waals surface area contributed by atoms with Crippen molar-refractivity contribution in [2.75, 3.05) is 0 Å². The first-order valence-corrected chi connectivity index (χ1v) is 4.54. The number of carboxylic acid groups (broad SMARTS) is 1. The summed E-state index contributed by atoms with van der Waals surface area (Å²) in [6.45, 7) is 1.95. The Bertz CT molecular complexity index is 351. The van der Waals surface area contributed by atoms with E-state index in [1.54, 1.807) is 0 Å². The van der Waals surface area contributed by atoms with Crippen LogP contribution in [0, 0.1) is 6.92 Å². The summed E-state index contributed by atoms with van der Waals surface area (Å²) in [5, 5.41) is 10.9. The average Bonchev–Trinajstić information content (AvgIpc) is 2.20. The molecule has 16 heavy (non-hydrogen) atoms. The molecular formula is C11H12NO3Y-. The summed E-state index contributed by atoms with van der Waals surface area (Å²) in [5.74, 6) is -1.06. The largest absolute Gasteiger partial charge is 0.520 e. The van der Waals surface area contributed by atoms with Gasteiger partial charge in [-0.05, 0) is 12.5 Å². The molecule has 0 bridgehead atoms. The van der Waals surface area contributed by atoms with Gasteiger partial charge in [-0.1, -0.05) is 29.8 Å². The molecule has 5 heteroatoms. The van der Waals surface area contributed by atoms with Crippen LogP contribution >= 0.6 is 0 Å². The number of hydrogen-bond acceptors (Lipinski definition) is 2. The van der Waals surface area contributed by atoms with Gasteiger partial charge in [-0.15, -0.1) is 0 Å². The van der Waals surface area contributed by atoms with Gasteiger partial charge in [0.2, 0.25) is 0 Å². The minimum Gasteiger partial charge on any atom is -0.520 e. The molecule has 0 fully saturated rings. The van der Waals surface area contributed by atoms with Gasteiger partial charge >= 0.3 is 5.97 Å². The second kappa shape index (κ2) is 7.52. The molecule has 0 aliphatic carbocycles. The monoisotopic (exact) mass is 295 g/mol. The first-order chi connectivity index (χ1) is 7.13. The van der Waals surface area contributed by atoms with Gasteiger partial charge in [0.05, 0.1) is 0 Å². The fraction of sp³-hybridized carbons (Fsp3) is 0.273. The van der Waals surface area contributed by atoms with Crippen LogP contribution in [0.25, 0.3) is 0 Å². The van der Waals surface area contributed by atoms with Gasteiger partial charge in [0, 0.05) is 39.1 Å². The van der Waals surface area contributed by atoms with E-state index in [0.29, 0.717) is 0 Å². The maximum Gasteiger partial charge on any atom is 0.323 e. The summed E-state index contributed by atoms with van der Waals surface area (Å²) in [4.78, 5) is 20.8. The third-order valence-corrected chi connectivity index (χ3v) is 2.09. The van der Waals surface area contributed by atoms with Crippen molar-refractivity contribution in [3.05, 3.63) is 35.4 Å². The molecular weight excluding hydrogens is 283 g/mol. The minimum atomic E-state index is -1.06. The topological polar surface area (TPSA) is 66.4 Å². The molecule has 1 radical (unpaired) electrons. The SMILES string of the molecule is Cc1ccc(C[C@H](N[C-]=O)C(=O)O)cc1.[Y]. The summed E-state index contributed by atoms with van der Waals surface area (Å²) in [5.41, 5.74) is 1.98. The molecule has 1 aromatic carbocycles. The van der Waals surface area contributed by atoms with Crippen LogP contribution in [0.1, 0.15) is 11.1 Å². The van der Waals surface area contributed by atoms with Gasteiger partial charge < -0.3 is 15.2 Å². The summed E-state index contributed by atoms with van der Waals surface area (Å²) < 4.78 is 0. The molecule has 0 aliphatic heterocycles. The number of aliphatic carboxylic acids is 1. The first kappa shape index (κ1) is 15.3. The van der Waals surface area contributed by atoms with Crippen LogP contribution in [0.2, 0.25) is 0 Å². The number of amides is 1. The normalized spacial score (nSPS) is 11.1. The fourth-order valence-electron chi connectivity index (χ4n) is 1.23. The maximum atomic E-state index is 10.7. The third-order valence-electron chi connectivity index (χ3n) is 2.09. The Morgan fingerprint density at radius 3 is 2.44 bits per heavy atom. The van der Waals surface area contributed by atoms with Crippen LogP contribution in [0.15, 0.2) is 24.3 Å². The molecule has 4 nitrogen and oxygen atoms in total. The molecule has 0 aromatic heterocycles. The van der Waals surface area contributed by atoms with E-state index in [1.807, 2.05) is 31.2 Å². The number of nitrogens with one attached hydrogen (secondary N) is 1. The Kier molecular flexibility index (Phi) is 7.18. The smallest absolute Gasteiger partial charge is 0.323 e. The van der Waals surface area contributed by atoms with Crippen molar-refractivity contribution in [3.63, 3.8) is 0 Å². The number of aryl methyl sites for hydroxylation is 1. The molecule has 83 valence electrons. The molecule has 0 saturated carbocycles. The van der Waals surface area contributed by atoms with Crippen molar-refractivity contribution in [2.24, 2.45) is 0 Å². The zero-order chi connectivity index (χ0) is 11.3. The van der Waals surface area contributed by atoms with Crippen LogP contribution in [0.4, 0.5) is 0 Å². The van der Waals surface area contributed by atoms with E-state index in [9.17, 15) is 9.59 Å². The Morgan fingerprint density at radius 2 is 2.00 bits per heavy atom. The summed E-state index contributed by atoms with van der Waals surface area (Å²) >= 11 is 0. The number of rotatable bonds is 5. The molecule has 0 heterocycles. The fourth-order valence-corrected chi connectivity index (χ4v) is 1.23. The minimum absolute atomic E-state index is 0. The van der Waals surface area contributed by atoms with Crippen molar-refractivity contribution in [3.8, 4) is 0 Å². The second-order valence-electron chi connectivity index (χ2n) is 3.33. The molecule has 1 amide bonds. The van der Waals surface area contributed by atoms with E-state index in [-0.39, 0.29) is 39.1 Å². The number of benzene rings is 1. The predicted molar refractivity (Wildman–Crippen MR) is 55.1 cm³/mol. The van der Waals surface area contributed by atoms with Crippen LogP contribution in [-0.4, -0.2) is 23.5 Å². The summed E-state index contributed by atoms with van der Waals surface area (Å²) in [6.07, 6.45) is 1.67. The number of carbonyl (C=O) groups is 1. The Balaban J connectivity index is 0.00000225. The number of carboxylic acids is 1. The van der Waals surface area contributed by atoms with Crippen LogP contribution in [-0.2, 0) is 48.7 Å². The average molecular weight is 295 g/mol. The summed E-state index contributed by atoms with van der Waals surface area (Å²) in [7, 11) is 0. The van der Waals surface area contributed by atoms with Crippen LogP contribution in [0.3, 0.4) is 0 Å². The Labute approximate surface area is 119 Å². The number of carbonyl (C=O) groups excluding carboxylic acids is 1. The second-order valence-corrected chi connectivity index (χ2v) is 3.33. The van der Waals surface area contributed by atoms with E-state index < -0.39 is 12.0 Å². The van der Waals surface area contributed by atoms with Crippen molar-refractivity contribution in [1.29, 1.82) is 0 Å². The van der Waals surface area contributed by atoms with Crippen LogP contribution in [0.5, 0.6) is 0 Å². The van der Waals surface area contributed by atoms with Gasteiger partial charge in [-0.2, -0.15) is 6.41 Å². The first-order valence-electron chi connectivity index (χ1n) is 4.54. The van der Waals surface area contributed by atoms with Gasteiger partial charge in [0.1, 0.15) is 6.04 Å². The van der Waals surface area contributed by atoms with Crippen molar-refractivity contribution in [1.82, 2.24) is 5.32 Å². The predicted octanol–water partition coefficient (Wildman–Crippen LogP) is 0.645. The Morgan fingerprint density at radius 1 is 1.44 bits per heavy atom. The van der Waals surface area contributed by atoms with E-state index in [1.165, 1.54) is 6.41 Å². The van der Waals surface area contributed by atoms with E-state index in [2.05, 4.69) is 5.32 Å².